The van der Waals surface area contributed by atoms with Gasteiger partial charge in [-0.05, 0) is 43.7 Å². The first-order valence-electron chi connectivity index (χ1n) is 10.00. The minimum atomic E-state index is -4.22. The Labute approximate surface area is 211 Å². The molecular weight excluding hydrogens is 641 g/mol. The van der Waals surface area contributed by atoms with Crippen LogP contribution in [-0.4, -0.2) is 24.9 Å². The summed E-state index contributed by atoms with van der Waals surface area (Å²) in [5, 5.41) is 10.3. The minimum Gasteiger partial charge on any atom is -0.389 e. The van der Waals surface area contributed by atoms with E-state index >= 15 is 0 Å². The molecule has 0 aliphatic carbocycles. The van der Waals surface area contributed by atoms with E-state index in [0.29, 0.717) is 0 Å². The van der Waals surface area contributed by atoms with Crippen molar-refractivity contribution < 1.29 is 49.1 Å². The number of rotatable bonds is 4. The molecule has 0 radical (unpaired) electrons. The number of halogens is 3. The number of alkyl halides is 3. The van der Waals surface area contributed by atoms with Crippen molar-refractivity contribution in [2.75, 3.05) is 6.54 Å². The molecule has 4 nitrogen and oxygen atoms in total. The Morgan fingerprint density at radius 1 is 1.12 bits per heavy atom. The van der Waals surface area contributed by atoms with E-state index in [1.807, 2.05) is 39.0 Å². The van der Waals surface area contributed by atoms with Crippen LogP contribution in [0.2, 0.25) is 0 Å². The second-order valence-corrected chi connectivity index (χ2v) is 7.45. The largest absolute Gasteiger partial charge is 2.00 e. The predicted octanol–water partition coefficient (Wildman–Crippen LogP) is 5.22. The monoisotopic (exact) mass is 667 g/mol. The number of nitrogens with zero attached hydrogens (tertiary/aromatic N) is 2. The molecule has 1 atom stereocenters. The Bertz CT molecular complexity index is 956. The molecular formula is C24H26F3N3OU. The van der Waals surface area contributed by atoms with Crippen LogP contribution in [0, 0.1) is 38.0 Å². The van der Waals surface area contributed by atoms with Crippen LogP contribution in [0.4, 0.5) is 13.2 Å². The molecule has 3 rings (SSSR count). The van der Waals surface area contributed by atoms with Gasteiger partial charge in [0, 0.05) is 6.54 Å². The average molecular weight is 668 g/mol. The van der Waals surface area contributed by atoms with Gasteiger partial charge in [-0.3, -0.25) is 9.90 Å². The van der Waals surface area contributed by atoms with E-state index in [1.165, 1.54) is 12.1 Å². The van der Waals surface area contributed by atoms with Gasteiger partial charge in [0.1, 0.15) is 0 Å². The van der Waals surface area contributed by atoms with Crippen LogP contribution in [0.5, 0.6) is 0 Å². The molecule has 1 unspecified atom stereocenters. The van der Waals surface area contributed by atoms with E-state index in [0.717, 1.165) is 53.8 Å². The summed E-state index contributed by atoms with van der Waals surface area (Å²) in [4.78, 5) is 12.0. The van der Waals surface area contributed by atoms with E-state index in [-0.39, 0.29) is 37.0 Å². The fraction of sp³-hybridized carbons (Fsp3) is 0.375. The summed E-state index contributed by atoms with van der Waals surface area (Å²) in [6.45, 7) is 8.27. The Hall–Kier alpha value is -1.91. The van der Waals surface area contributed by atoms with Crippen molar-refractivity contribution >= 4 is 18.3 Å². The number of amides is 1. The van der Waals surface area contributed by atoms with E-state index in [9.17, 15) is 18.0 Å². The van der Waals surface area contributed by atoms with Crippen molar-refractivity contribution in [1.82, 2.24) is 5.32 Å². The third kappa shape index (κ3) is 7.31. The van der Waals surface area contributed by atoms with E-state index in [1.54, 1.807) is 6.92 Å². The van der Waals surface area contributed by atoms with Gasteiger partial charge in [0.15, 0.2) is 0 Å². The molecule has 8 heteroatoms. The summed E-state index contributed by atoms with van der Waals surface area (Å²) in [6.07, 6.45) is 2.81. The van der Waals surface area contributed by atoms with Crippen LogP contribution in [-0.2, 0) is 22.8 Å². The fourth-order valence-electron chi connectivity index (χ4n) is 3.15. The topological polar surface area (TPSA) is 53.8 Å². The third-order valence-electron chi connectivity index (χ3n) is 5.30. The molecule has 0 aromatic heterocycles. The molecule has 2 aromatic rings. The molecule has 1 amide bonds. The molecule has 1 N–H and O–H groups in total. The zero-order valence-electron chi connectivity index (χ0n) is 18.6. The van der Waals surface area contributed by atoms with Crippen molar-refractivity contribution in [1.29, 1.82) is 0 Å². The van der Waals surface area contributed by atoms with Crippen LogP contribution in [0.3, 0.4) is 0 Å². The normalized spacial score (nSPS) is 18.3. The number of carbonyl (C=O) groups is 1. The quantitative estimate of drug-likeness (QED) is 0.272. The Kier molecular flexibility index (Phi) is 10.9. The van der Waals surface area contributed by atoms with E-state index < -0.39 is 17.2 Å². The summed E-state index contributed by atoms with van der Waals surface area (Å²) in [5.41, 5.74) is 2.79. The number of hydrogen-bond donors (Lipinski definition) is 1. The van der Waals surface area contributed by atoms with Gasteiger partial charge in [-0.15, -0.1) is 6.07 Å². The van der Waals surface area contributed by atoms with Crippen LogP contribution in [0.25, 0.3) is 0 Å². The SMILES string of the molecule is CCc1ccc(C(F)(F)F)cc1.C[C-]=NN=[C-]c1cc(C2(C)CCNC2=O)ccc1C.[U+2]. The van der Waals surface area contributed by atoms with Crippen LogP contribution < -0.4 is 5.32 Å². The van der Waals surface area contributed by atoms with Crippen molar-refractivity contribution in [3.05, 3.63) is 70.3 Å². The summed E-state index contributed by atoms with van der Waals surface area (Å²) < 4.78 is 36.1. The Morgan fingerprint density at radius 2 is 1.78 bits per heavy atom. The molecule has 1 saturated heterocycles. The van der Waals surface area contributed by atoms with Gasteiger partial charge in [0.05, 0.1) is 11.0 Å². The number of benzene rings is 2. The second kappa shape index (κ2) is 12.4. The smallest absolute Gasteiger partial charge is 0.389 e. The van der Waals surface area contributed by atoms with Gasteiger partial charge >= 0.3 is 37.3 Å². The van der Waals surface area contributed by atoms with Gasteiger partial charge in [0.2, 0.25) is 5.91 Å². The van der Waals surface area contributed by atoms with E-state index in [4.69, 9.17) is 0 Å². The number of hydrogen-bond acceptors (Lipinski definition) is 3. The van der Waals surface area contributed by atoms with Crippen molar-refractivity contribution in [3.8, 4) is 0 Å². The third-order valence-corrected chi connectivity index (χ3v) is 5.30. The molecule has 168 valence electrons. The first-order chi connectivity index (χ1) is 14.6. The second-order valence-electron chi connectivity index (χ2n) is 7.45. The Balaban J connectivity index is 0.000000342. The summed E-state index contributed by atoms with van der Waals surface area (Å²) >= 11 is 0. The molecule has 0 spiro atoms. The van der Waals surface area contributed by atoms with Gasteiger partial charge in [-0.2, -0.15) is 37.3 Å². The number of nitrogens with one attached hydrogen (secondary N) is 1. The van der Waals surface area contributed by atoms with Crippen molar-refractivity contribution in [2.45, 2.75) is 52.1 Å². The van der Waals surface area contributed by atoms with Crippen molar-refractivity contribution in [3.63, 3.8) is 0 Å². The van der Waals surface area contributed by atoms with Gasteiger partial charge in [-0.1, -0.05) is 37.6 Å². The maximum atomic E-state index is 12.0. The molecule has 32 heavy (non-hydrogen) atoms. The van der Waals surface area contributed by atoms with E-state index in [2.05, 4.69) is 27.9 Å². The van der Waals surface area contributed by atoms with Crippen LogP contribution >= 0.6 is 0 Å². The summed E-state index contributed by atoms with van der Waals surface area (Å²) in [7, 11) is 0. The molecule has 2 aromatic carbocycles. The fourth-order valence-corrected chi connectivity index (χ4v) is 3.15. The maximum absolute atomic E-state index is 12.0. The van der Waals surface area contributed by atoms with Crippen molar-refractivity contribution in [2.24, 2.45) is 10.2 Å². The van der Waals surface area contributed by atoms with Crippen LogP contribution in [0.1, 0.15) is 55.0 Å². The molecule has 1 fully saturated rings. The molecule has 1 aliphatic rings. The number of carbonyl (C=O) groups excluding carboxylic acids is 1. The first kappa shape index (κ1) is 28.1. The predicted molar refractivity (Wildman–Crippen MR) is 117 cm³/mol. The molecule has 1 heterocycles. The first-order valence-corrected chi connectivity index (χ1v) is 10.00. The van der Waals surface area contributed by atoms with Crippen LogP contribution in [0.15, 0.2) is 52.7 Å². The summed E-state index contributed by atoms with van der Waals surface area (Å²) in [5.74, 6) is 0.0826. The molecule has 0 saturated carbocycles. The van der Waals surface area contributed by atoms with Gasteiger partial charge in [-0.25, -0.2) is 0 Å². The summed E-state index contributed by atoms with van der Waals surface area (Å²) in [6, 6.07) is 11.2. The zero-order chi connectivity index (χ0) is 23.1. The molecule has 1 aliphatic heterocycles. The zero-order valence-corrected chi connectivity index (χ0v) is 22.8. The average Bonchev–Trinajstić information content (AvgIpc) is 3.09. The van der Waals surface area contributed by atoms with Gasteiger partial charge < -0.3 is 16.6 Å². The molecule has 0 bridgehead atoms. The Morgan fingerprint density at radius 3 is 2.28 bits per heavy atom. The van der Waals surface area contributed by atoms with Gasteiger partial charge in [0.25, 0.3) is 0 Å². The standard InChI is InChI=1S/C15H17N3O.C9H9F3.U/c1-4-17-18-10-12-9-13(6-5-11(12)2)15(3)7-8-16-14(15)19;1-2-7-3-5-8(6-4-7)9(10,11)12;/h5-6,9H,7-8H2,1-3H3,(H,16,19);3-6H,2H2,1H3;/q-2;;+2. The number of aryl methyl sites for hydroxylation is 2. The minimum absolute atomic E-state index is 0. The maximum Gasteiger partial charge on any atom is 2.00 e.